The van der Waals surface area contributed by atoms with Crippen LogP contribution < -0.4 is 0 Å². The number of hydrogen-bond acceptors (Lipinski definition) is 2. The van der Waals surface area contributed by atoms with Crippen LogP contribution in [0.25, 0.3) is 0 Å². The van der Waals surface area contributed by atoms with E-state index in [-0.39, 0.29) is 5.79 Å². The summed E-state index contributed by atoms with van der Waals surface area (Å²) in [4.78, 5) is 0. The average Bonchev–Trinajstić information content (AvgIpc) is 3.07. The molecular weight excluding hydrogens is 236 g/mol. The van der Waals surface area contributed by atoms with Crippen molar-refractivity contribution in [3.8, 4) is 0 Å². The van der Waals surface area contributed by atoms with Gasteiger partial charge in [-0.25, -0.2) is 0 Å². The molecule has 1 aliphatic heterocycles. The van der Waals surface area contributed by atoms with E-state index >= 15 is 0 Å². The zero-order valence-corrected chi connectivity index (χ0v) is 12.1. The Bertz CT molecular complexity index is 381. The van der Waals surface area contributed by atoms with Crippen LogP contribution in [0.5, 0.6) is 0 Å². The lowest BCUT2D eigenvalue weighted by Gasteiger charge is -2.48. The summed E-state index contributed by atoms with van der Waals surface area (Å²) in [7, 11) is 0. The second kappa shape index (κ2) is 4.60. The summed E-state index contributed by atoms with van der Waals surface area (Å²) in [6.45, 7) is 3.89. The standard InChI is InChI=1S/C17H26O2/c1-2-16-15-7-6-12-4-3-5-13(12)14(15)8-9-17(16)18-10-11-19-17/h7,12-14,16H,2-6,8-11H2,1H3. The van der Waals surface area contributed by atoms with Crippen LogP contribution in [0.4, 0.5) is 0 Å². The van der Waals surface area contributed by atoms with Crippen LogP contribution in [0.3, 0.4) is 0 Å². The molecule has 2 heteroatoms. The lowest BCUT2D eigenvalue weighted by atomic mass is 9.62. The second-order valence-corrected chi connectivity index (χ2v) is 6.91. The normalized spacial score (nSPS) is 43.9. The van der Waals surface area contributed by atoms with Crippen molar-refractivity contribution in [2.75, 3.05) is 13.2 Å². The molecule has 106 valence electrons. The highest BCUT2D eigenvalue weighted by Gasteiger charge is 2.53. The van der Waals surface area contributed by atoms with Gasteiger partial charge in [0, 0.05) is 12.3 Å². The van der Waals surface area contributed by atoms with Crippen LogP contribution in [0.1, 0.15) is 51.9 Å². The van der Waals surface area contributed by atoms with Gasteiger partial charge in [0.1, 0.15) is 0 Å². The fourth-order valence-electron chi connectivity index (χ4n) is 5.50. The molecule has 19 heavy (non-hydrogen) atoms. The lowest BCUT2D eigenvalue weighted by molar-refractivity contribution is -0.206. The monoisotopic (exact) mass is 262 g/mol. The highest BCUT2D eigenvalue weighted by atomic mass is 16.7. The summed E-state index contributed by atoms with van der Waals surface area (Å²) >= 11 is 0. The van der Waals surface area contributed by atoms with Crippen LogP contribution in [-0.4, -0.2) is 19.0 Å². The molecule has 0 N–H and O–H groups in total. The number of rotatable bonds is 1. The first kappa shape index (κ1) is 12.4. The fourth-order valence-corrected chi connectivity index (χ4v) is 5.50. The highest BCUT2D eigenvalue weighted by Crippen LogP contribution is 2.56. The third kappa shape index (κ3) is 1.76. The second-order valence-electron chi connectivity index (χ2n) is 6.91. The Kier molecular flexibility index (Phi) is 3.00. The largest absolute Gasteiger partial charge is 0.347 e. The van der Waals surface area contributed by atoms with E-state index in [0.717, 1.165) is 37.4 Å². The van der Waals surface area contributed by atoms with Gasteiger partial charge in [0.2, 0.25) is 0 Å². The molecule has 3 aliphatic carbocycles. The topological polar surface area (TPSA) is 18.5 Å². The molecule has 2 nitrogen and oxygen atoms in total. The molecule has 0 amide bonds. The lowest BCUT2D eigenvalue weighted by Crippen LogP contribution is -2.47. The molecule has 4 atom stereocenters. The SMILES string of the molecule is CCC1C2=CCC3CCCC3C2CCC12OCCO2. The van der Waals surface area contributed by atoms with Gasteiger partial charge in [-0.15, -0.1) is 0 Å². The Balaban J connectivity index is 1.66. The Morgan fingerprint density at radius 1 is 1.21 bits per heavy atom. The highest BCUT2D eigenvalue weighted by molar-refractivity contribution is 5.23. The van der Waals surface area contributed by atoms with E-state index in [4.69, 9.17) is 9.47 Å². The van der Waals surface area contributed by atoms with Crippen molar-refractivity contribution >= 4 is 0 Å². The zero-order chi connectivity index (χ0) is 12.9. The minimum Gasteiger partial charge on any atom is -0.347 e. The van der Waals surface area contributed by atoms with E-state index in [1.807, 2.05) is 0 Å². The molecule has 4 rings (SSSR count). The molecule has 2 saturated carbocycles. The van der Waals surface area contributed by atoms with E-state index in [2.05, 4.69) is 13.0 Å². The Morgan fingerprint density at radius 2 is 2.05 bits per heavy atom. The third-order valence-corrected chi connectivity index (χ3v) is 6.24. The van der Waals surface area contributed by atoms with Gasteiger partial charge >= 0.3 is 0 Å². The van der Waals surface area contributed by atoms with Crippen LogP contribution in [0.2, 0.25) is 0 Å². The van der Waals surface area contributed by atoms with Crippen LogP contribution >= 0.6 is 0 Å². The predicted molar refractivity (Wildman–Crippen MR) is 74.7 cm³/mol. The van der Waals surface area contributed by atoms with Gasteiger partial charge in [0.15, 0.2) is 5.79 Å². The van der Waals surface area contributed by atoms with E-state index in [1.165, 1.54) is 38.5 Å². The van der Waals surface area contributed by atoms with Gasteiger partial charge in [-0.1, -0.05) is 25.0 Å². The number of fused-ring (bicyclic) bond motifs is 3. The molecule has 4 aliphatic rings. The maximum Gasteiger partial charge on any atom is 0.174 e. The maximum absolute atomic E-state index is 6.08. The van der Waals surface area contributed by atoms with Crippen molar-refractivity contribution < 1.29 is 9.47 Å². The molecule has 0 aromatic heterocycles. The molecule has 1 saturated heterocycles. The molecule has 0 radical (unpaired) electrons. The summed E-state index contributed by atoms with van der Waals surface area (Å²) in [6, 6.07) is 0. The van der Waals surface area contributed by atoms with Crippen molar-refractivity contribution in [3.05, 3.63) is 11.6 Å². The van der Waals surface area contributed by atoms with Gasteiger partial charge in [-0.05, 0) is 49.9 Å². The Morgan fingerprint density at radius 3 is 2.84 bits per heavy atom. The predicted octanol–water partition coefficient (Wildman–Crippen LogP) is 3.91. The Labute approximate surface area is 116 Å². The summed E-state index contributed by atoms with van der Waals surface area (Å²) in [5.74, 6) is 3.10. The van der Waals surface area contributed by atoms with Gasteiger partial charge in [-0.3, -0.25) is 0 Å². The quantitative estimate of drug-likeness (QED) is 0.667. The molecule has 1 spiro atoms. The summed E-state index contributed by atoms with van der Waals surface area (Å²) in [6.07, 6.45) is 11.9. The van der Waals surface area contributed by atoms with E-state index in [9.17, 15) is 0 Å². The van der Waals surface area contributed by atoms with Gasteiger partial charge in [-0.2, -0.15) is 0 Å². The van der Waals surface area contributed by atoms with Crippen LogP contribution in [-0.2, 0) is 9.47 Å². The third-order valence-electron chi connectivity index (χ3n) is 6.24. The average molecular weight is 262 g/mol. The van der Waals surface area contributed by atoms with Crippen LogP contribution in [0.15, 0.2) is 11.6 Å². The van der Waals surface area contributed by atoms with Crippen molar-refractivity contribution in [2.45, 2.75) is 57.7 Å². The van der Waals surface area contributed by atoms with E-state index in [0.29, 0.717) is 5.92 Å². The molecule has 1 heterocycles. The van der Waals surface area contributed by atoms with E-state index < -0.39 is 0 Å². The summed E-state index contributed by atoms with van der Waals surface area (Å²) < 4.78 is 12.2. The minimum absolute atomic E-state index is 0.247. The number of hydrogen-bond donors (Lipinski definition) is 0. The number of ether oxygens (including phenoxy) is 2. The van der Waals surface area contributed by atoms with Gasteiger partial charge in [0.25, 0.3) is 0 Å². The maximum atomic E-state index is 6.08. The molecule has 0 aromatic carbocycles. The first-order valence-electron chi connectivity index (χ1n) is 8.32. The molecule has 4 unspecified atom stereocenters. The fraction of sp³-hybridized carbons (Fsp3) is 0.882. The molecule has 0 bridgehead atoms. The van der Waals surface area contributed by atoms with Crippen LogP contribution in [0, 0.1) is 23.7 Å². The zero-order valence-electron chi connectivity index (χ0n) is 12.1. The van der Waals surface area contributed by atoms with Crippen molar-refractivity contribution in [1.29, 1.82) is 0 Å². The minimum atomic E-state index is -0.247. The van der Waals surface area contributed by atoms with Gasteiger partial charge < -0.3 is 9.47 Å². The smallest absolute Gasteiger partial charge is 0.174 e. The first-order chi connectivity index (χ1) is 9.34. The molecule has 3 fully saturated rings. The first-order valence-corrected chi connectivity index (χ1v) is 8.32. The summed E-state index contributed by atoms with van der Waals surface area (Å²) in [5, 5.41) is 0. The Hall–Kier alpha value is -0.340. The van der Waals surface area contributed by atoms with Crippen molar-refractivity contribution in [2.24, 2.45) is 23.7 Å². The molecular formula is C17H26O2. The number of allylic oxidation sites excluding steroid dienone is 1. The van der Waals surface area contributed by atoms with E-state index in [1.54, 1.807) is 5.57 Å². The summed E-state index contributed by atoms with van der Waals surface area (Å²) in [5.41, 5.74) is 1.71. The van der Waals surface area contributed by atoms with Gasteiger partial charge in [0.05, 0.1) is 13.2 Å². The van der Waals surface area contributed by atoms with Crippen molar-refractivity contribution in [3.63, 3.8) is 0 Å². The molecule has 0 aromatic rings. The van der Waals surface area contributed by atoms with Crippen molar-refractivity contribution in [1.82, 2.24) is 0 Å².